The Balaban J connectivity index is 0.00000289. The highest BCUT2D eigenvalue weighted by Crippen LogP contribution is 2.16. The second-order valence-corrected chi connectivity index (χ2v) is 5.00. The van der Waals surface area contributed by atoms with Gasteiger partial charge in [0.15, 0.2) is 5.96 Å². The molecule has 0 amide bonds. The lowest BCUT2D eigenvalue weighted by molar-refractivity contribution is 0.936. The zero-order valence-corrected chi connectivity index (χ0v) is 14.6. The van der Waals surface area contributed by atoms with Gasteiger partial charge >= 0.3 is 0 Å². The quantitative estimate of drug-likeness (QED) is 0.337. The number of halogens is 2. The van der Waals surface area contributed by atoms with E-state index in [1.54, 1.807) is 0 Å². The minimum Gasteiger partial charge on any atom is -0.370 e. The van der Waals surface area contributed by atoms with Crippen molar-refractivity contribution in [3.63, 3.8) is 0 Å². The van der Waals surface area contributed by atoms with Crippen LogP contribution < -0.4 is 11.1 Å². The van der Waals surface area contributed by atoms with Crippen molar-refractivity contribution in [1.82, 2.24) is 5.32 Å². The fourth-order valence-corrected chi connectivity index (χ4v) is 1.69. The van der Waals surface area contributed by atoms with Crippen LogP contribution in [-0.2, 0) is 6.54 Å². The molecule has 1 aromatic rings. The summed E-state index contributed by atoms with van der Waals surface area (Å²) < 4.78 is 1.06. The van der Waals surface area contributed by atoms with Crippen molar-refractivity contribution < 1.29 is 0 Å². The molecule has 0 fully saturated rings. The fraction of sp³-hybridized carbons (Fsp3) is 0.308. The first-order valence-electron chi connectivity index (χ1n) is 5.42. The first-order chi connectivity index (χ1) is 7.99. The van der Waals surface area contributed by atoms with Gasteiger partial charge in [0.1, 0.15) is 0 Å². The highest BCUT2D eigenvalue weighted by Gasteiger charge is 1.99. The van der Waals surface area contributed by atoms with Crippen LogP contribution in [0.2, 0.25) is 0 Å². The number of rotatable bonds is 4. The van der Waals surface area contributed by atoms with E-state index in [9.17, 15) is 0 Å². The normalized spacial score (nSPS) is 10.7. The van der Waals surface area contributed by atoms with Gasteiger partial charge in [-0.3, -0.25) is 0 Å². The number of nitrogens with two attached hydrogens (primary N) is 1. The van der Waals surface area contributed by atoms with E-state index in [1.165, 1.54) is 11.1 Å². The van der Waals surface area contributed by atoms with Crippen molar-refractivity contribution in [3.8, 4) is 0 Å². The summed E-state index contributed by atoms with van der Waals surface area (Å²) in [4.78, 5) is 4.29. The first-order valence-corrected chi connectivity index (χ1v) is 6.21. The summed E-state index contributed by atoms with van der Waals surface area (Å²) in [5.74, 6) is 0.451. The Hall–Kier alpha value is -0.560. The smallest absolute Gasteiger partial charge is 0.189 e. The fourth-order valence-electron chi connectivity index (χ4n) is 1.28. The van der Waals surface area contributed by atoms with Crippen LogP contribution >= 0.6 is 39.9 Å². The largest absolute Gasteiger partial charge is 0.370 e. The van der Waals surface area contributed by atoms with Gasteiger partial charge in [-0.15, -0.1) is 24.0 Å². The lowest BCUT2D eigenvalue weighted by atomic mass is 10.1. The van der Waals surface area contributed by atoms with E-state index in [0.29, 0.717) is 19.0 Å². The molecule has 1 aromatic carbocycles. The molecule has 0 saturated carbocycles. The van der Waals surface area contributed by atoms with Crippen LogP contribution in [0.15, 0.2) is 39.8 Å². The molecule has 5 heteroatoms. The number of aliphatic imine (C=N–C) groups is 1. The predicted octanol–water partition coefficient (Wildman–Crippen LogP) is 3.36. The van der Waals surface area contributed by atoms with Gasteiger partial charge < -0.3 is 11.1 Å². The van der Waals surface area contributed by atoms with Gasteiger partial charge in [-0.25, -0.2) is 4.99 Å². The number of hydrogen-bond acceptors (Lipinski definition) is 1. The number of nitrogens with zero attached hydrogens (tertiary/aromatic N) is 1. The molecule has 0 bridgehead atoms. The van der Waals surface area contributed by atoms with Crippen molar-refractivity contribution in [2.24, 2.45) is 10.7 Å². The van der Waals surface area contributed by atoms with Gasteiger partial charge in [-0.2, -0.15) is 0 Å². The number of hydrogen-bond donors (Lipinski definition) is 2. The molecule has 0 spiro atoms. The van der Waals surface area contributed by atoms with Crippen LogP contribution in [0, 0.1) is 6.92 Å². The molecular weight excluding hydrogens is 405 g/mol. The summed E-state index contributed by atoms with van der Waals surface area (Å²) in [6, 6.07) is 6.14. The lowest BCUT2D eigenvalue weighted by Crippen LogP contribution is -2.32. The van der Waals surface area contributed by atoms with Gasteiger partial charge in [0.05, 0.1) is 6.54 Å². The summed E-state index contributed by atoms with van der Waals surface area (Å²) in [5.41, 5.74) is 9.15. The van der Waals surface area contributed by atoms with Crippen LogP contribution in [-0.4, -0.2) is 12.5 Å². The first kappa shape index (κ1) is 17.4. The minimum atomic E-state index is 0. The monoisotopic (exact) mass is 423 g/mol. The van der Waals surface area contributed by atoms with Gasteiger partial charge in [0, 0.05) is 11.0 Å². The van der Waals surface area contributed by atoms with Crippen LogP contribution in [0.25, 0.3) is 0 Å². The molecule has 0 radical (unpaired) electrons. The molecule has 0 saturated heterocycles. The third-order valence-electron chi connectivity index (χ3n) is 2.30. The number of aryl methyl sites for hydroxylation is 1. The van der Waals surface area contributed by atoms with Gasteiger partial charge in [0.25, 0.3) is 0 Å². The Labute approximate surface area is 134 Å². The molecule has 3 nitrogen and oxygen atoms in total. The van der Waals surface area contributed by atoms with Crippen molar-refractivity contribution in [1.29, 1.82) is 0 Å². The molecule has 0 aliphatic heterocycles. The summed E-state index contributed by atoms with van der Waals surface area (Å²) in [6.45, 7) is 9.04. The Kier molecular flexibility index (Phi) is 8.26. The second kappa shape index (κ2) is 8.53. The average molecular weight is 424 g/mol. The van der Waals surface area contributed by atoms with Crippen molar-refractivity contribution in [3.05, 3.63) is 46.0 Å². The van der Waals surface area contributed by atoms with Crippen LogP contribution in [0.3, 0.4) is 0 Å². The molecule has 0 unspecified atom stereocenters. The van der Waals surface area contributed by atoms with Crippen LogP contribution in [0.5, 0.6) is 0 Å². The van der Waals surface area contributed by atoms with E-state index in [0.717, 1.165) is 10.0 Å². The third-order valence-corrected chi connectivity index (χ3v) is 2.80. The number of nitrogens with one attached hydrogen (secondary N) is 1. The molecular formula is C13H19BrIN3. The molecule has 0 heterocycles. The number of benzene rings is 1. The molecule has 3 N–H and O–H groups in total. The molecule has 18 heavy (non-hydrogen) atoms. The Bertz CT molecular complexity index is 444. The van der Waals surface area contributed by atoms with E-state index >= 15 is 0 Å². The second-order valence-electron chi connectivity index (χ2n) is 4.08. The highest BCUT2D eigenvalue weighted by molar-refractivity contribution is 14.0. The summed E-state index contributed by atoms with van der Waals surface area (Å²) in [6.07, 6.45) is 0. The summed E-state index contributed by atoms with van der Waals surface area (Å²) in [5, 5.41) is 3.00. The Morgan fingerprint density at radius 2 is 2.17 bits per heavy atom. The average Bonchev–Trinajstić information content (AvgIpc) is 2.27. The van der Waals surface area contributed by atoms with Crippen LogP contribution in [0.4, 0.5) is 0 Å². The SMILES string of the molecule is C=C(C)CNC(N)=NCc1cc(Br)ccc1C.I. The molecule has 1 rings (SSSR count). The molecule has 0 aliphatic carbocycles. The van der Waals surface area contributed by atoms with E-state index < -0.39 is 0 Å². The summed E-state index contributed by atoms with van der Waals surface area (Å²) >= 11 is 3.45. The van der Waals surface area contributed by atoms with E-state index in [1.807, 2.05) is 13.0 Å². The van der Waals surface area contributed by atoms with E-state index in [4.69, 9.17) is 5.73 Å². The third kappa shape index (κ3) is 6.39. The van der Waals surface area contributed by atoms with Crippen LogP contribution in [0.1, 0.15) is 18.1 Å². The maximum Gasteiger partial charge on any atom is 0.189 e. The molecule has 0 atom stereocenters. The lowest BCUT2D eigenvalue weighted by Gasteiger charge is -2.06. The van der Waals surface area contributed by atoms with E-state index in [-0.39, 0.29) is 24.0 Å². The number of guanidine groups is 1. The Morgan fingerprint density at radius 3 is 2.78 bits per heavy atom. The molecule has 0 aliphatic rings. The topological polar surface area (TPSA) is 50.4 Å². The molecule has 0 aromatic heterocycles. The maximum atomic E-state index is 5.74. The zero-order valence-electron chi connectivity index (χ0n) is 10.7. The van der Waals surface area contributed by atoms with Gasteiger partial charge in [-0.05, 0) is 37.1 Å². The summed E-state index contributed by atoms with van der Waals surface area (Å²) in [7, 11) is 0. The van der Waals surface area contributed by atoms with Crippen molar-refractivity contribution in [2.45, 2.75) is 20.4 Å². The maximum absolute atomic E-state index is 5.74. The Morgan fingerprint density at radius 1 is 1.50 bits per heavy atom. The van der Waals surface area contributed by atoms with Gasteiger partial charge in [0.2, 0.25) is 0 Å². The standard InChI is InChI=1S/C13H18BrN3.HI/c1-9(2)7-16-13(15)17-8-11-6-12(14)5-4-10(11)3;/h4-6H,1,7-8H2,2-3H3,(H3,15,16,17);1H. The van der Waals surface area contributed by atoms with E-state index in [2.05, 4.69) is 51.9 Å². The van der Waals surface area contributed by atoms with Crippen molar-refractivity contribution >= 4 is 45.9 Å². The predicted molar refractivity (Wildman–Crippen MR) is 92.4 cm³/mol. The van der Waals surface area contributed by atoms with Gasteiger partial charge in [-0.1, -0.05) is 34.1 Å². The zero-order chi connectivity index (χ0) is 12.8. The highest BCUT2D eigenvalue weighted by atomic mass is 127. The molecule has 100 valence electrons. The van der Waals surface area contributed by atoms with Crippen molar-refractivity contribution in [2.75, 3.05) is 6.54 Å². The minimum absolute atomic E-state index is 0.